The van der Waals surface area contributed by atoms with Gasteiger partial charge in [-0.15, -0.1) is 0 Å². The summed E-state index contributed by atoms with van der Waals surface area (Å²) in [5.41, 5.74) is 0.866. The van der Waals surface area contributed by atoms with Crippen molar-refractivity contribution in [1.29, 1.82) is 0 Å². The Kier molecular flexibility index (Phi) is 6.71. The maximum atomic E-state index is 12.0. The van der Waals surface area contributed by atoms with E-state index in [2.05, 4.69) is 5.32 Å². The Morgan fingerprint density at radius 2 is 1.60 bits per heavy atom. The number of ketones is 1. The quantitative estimate of drug-likeness (QED) is 0.588. The van der Waals surface area contributed by atoms with Gasteiger partial charge in [-0.1, -0.05) is 18.2 Å². The molecule has 0 aliphatic rings. The fourth-order valence-corrected chi connectivity index (χ4v) is 2.03. The van der Waals surface area contributed by atoms with Gasteiger partial charge in [-0.2, -0.15) is 0 Å². The van der Waals surface area contributed by atoms with Crippen molar-refractivity contribution in [1.82, 2.24) is 5.32 Å². The molecule has 0 saturated carbocycles. The Hall–Kier alpha value is -3.15. The maximum absolute atomic E-state index is 12.0. The van der Waals surface area contributed by atoms with E-state index in [1.54, 1.807) is 54.6 Å². The number of carbonyl (C=O) groups excluding carboxylic acids is 3. The van der Waals surface area contributed by atoms with Gasteiger partial charge in [-0.3, -0.25) is 14.4 Å². The maximum Gasteiger partial charge on any atom is 0.325 e. The van der Waals surface area contributed by atoms with Gasteiger partial charge in [-0.05, 0) is 43.3 Å². The second kappa shape index (κ2) is 9.22. The normalized spacial score (nSPS) is 9.96. The van der Waals surface area contributed by atoms with Crippen molar-refractivity contribution in [2.45, 2.75) is 6.92 Å². The average Bonchev–Trinajstić information content (AvgIpc) is 2.65. The summed E-state index contributed by atoms with van der Waals surface area (Å²) >= 11 is 0. The van der Waals surface area contributed by atoms with Crippen LogP contribution >= 0.6 is 0 Å². The molecule has 0 atom stereocenters. The largest absolute Gasteiger partial charge is 0.494 e. The Morgan fingerprint density at radius 3 is 2.24 bits per heavy atom. The zero-order valence-electron chi connectivity index (χ0n) is 13.9. The minimum absolute atomic E-state index is 0.301. The summed E-state index contributed by atoms with van der Waals surface area (Å²) in [4.78, 5) is 35.4. The molecule has 1 N–H and O–H groups in total. The van der Waals surface area contributed by atoms with Crippen molar-refractivity contribution < 1.29 is 23.9 Å². The number of hydrogen-bond donors (Lipinski definition) is 1. The first-order valence-electron chi connectivity index (χ1n) is 7.85. The lowest BCUT2D eigenvalue weighted by Crippen LogP contribution is -2.31. The predicted molar refractivity (Wildman–Crippen MR) is 91.7 cm³/mol. The van der Waals surface area contributed by atoms with Crippen LogP contribution < -0.4 is 10.1 Å². The fourth-order valence-electron chi connectivity index (χ4n) is 2.03. The number of esters is 1. The van der Waals surface area contributed by atoms with E-state index in [1.165, 1.54) is 0 Å². The number of carbonyl (C=O) groups is 3. The van der Waals surface area contributed by atoms with Gasteiger partial charge < -0.3 is 14.8 Å². The van der Waals surface area contributed by atoms with E-state index in [1.807, 2.05) is 6.92 Å². The highest BCUT2D eigenvalue weighted by atomic mass is 16.5. The Balaban J connectivity index is 1.75. The van der Waals surface area contributed by atoms with Gasteiger partial charge in [0.1, 0.15) is 12.3 Å². The summed E-state index contributed by atoms with van der Waals surface area (Å²) in [6.45, 7) is 1.73. The van der Waals surface area contributed by atoms with Crippen molar-refractivity contribution >= 4 is 17.7 Å². The van der Waals surface area contributed by atoms with Crippen LogP contribution in [-0.4, -0.2) is 37.4 Å². The van der Waals surface area contributed by atoms with E-state index in [0.29, 0.717) is 23.5 Å². The van der Waals surface area contributed by atoms with Crippen LogP contribution in [0.5, 0.6) is 5.75 Å². The summed E-state index contributed by atoms with van der Waals surface area (Å²) in [6.07, 6.45) is 0. The van der Waals surface area contributed by atoms with Crippen molar-refractivity contribution in [2.24, 2.45) is 0 Å². The number of ether oxygens (including phenoxy) is 2. The molecule has 0 fully saturated rings. The van der Waals surface area contributed by atoms with Crippen molar-refractivity contribution in [3.05, 3.63) is 65.7 Å². The highest BCUT2D eigenvalue weighted by Crippen LogP contribution is 2.12. The molecule has 2 rings (SSSR count). The van der Waals surface area contributed by atoms with Gasteiger partial charge in [0.2, 0.25) is 0 Å². The summed E-state index contributed by atoms with van der Waals surface area (Å²) in [5, 5.41) is 2.44. The number of amides is 1. The molecule has 0 spiro atoms. The molecule has 0 aliphatic carbocycles. The van der Waals surface area contributed by atoms with E-state index in [0.717, 1.165) is 0 Å². The monoisotopic (exact) mass is 341 g/mol. The van der Waals surface area contributed by atoms with Crippen LogP contribution in [0, 0.1) is 0 Å². The Labute approximate surface area is 145 Å². The molecule has 0 aromatic heterocycles. The van der Waals surface area contributed by atoms with Crippen LogP contribution in [0.4, 0.5) is 0 Å². The SMILES string of the molecule is CCOc1ccc(C(=O)COC(=O)CNC(=O)c2ccccc2)cc1. The summed E-state index contributed by atoms with van der Waals surface area (Å²) in [5.74, 6) is -0.718. The fraction of sp³-hybridized carbons (Fsp3) is 0.211. The third kappa shape index (κ3) is 5.76. The highest BCUT2D eigenvalue weighted by molar-refractivity contribution is 5.98. The molecule has 25 heavy (non-hydrogen) atoms. The third-order valence-corrected chi connectivity index (χ3v) is 3.28. The van der Waals surface area contributed by atoms with Crippen LogP contribution in [-0.2, 0) is 9.53 Å². The van der Waals surface area contributed by atoms with Crippen molar-refractivity contribution in [2.75, 3.05) is 19.8 Å². The molecule has 2 aromatic rings. The first kappa shape index (κ1) is 18.2. The molecule has 1 amide bonds. The van der Waals surface area contributed by atoms with Crippen LogP contribution in [0.25, 0.3) is 0 Å². The second-order valence-corrected chi connectivity index (χ2v) is 5.09. The molecule has 6 heteroatoms. The van der Waals surface area contributed by atoms with Gasteiger partial charge >= 0.3 is 5.97 Å². The summed E-state index contributed by atoms with van der Waals surface area (Å²) in [7, 11) is 0. The number of benzene rings is 2. The highest BCUT2D eigenvalue weighted by Gasteiger charge is 2.12. The Bertz CT molecular complexity index is 725. The molecule has 6 nitrogen and oxygen atoms in total. The van der Waals surface area contributed by atoms with Gasteiger partial charge in [0, 0.05) is 11.1 Å². The second-order valence-electron chi connectivity index (χ2n) is 5.09. The lowest BCUT2D eigenvalue weighted by atomic mass is 10.1. The Morgan fingerprint density at radius 1 is 0.920 bits per heavy atom. The molecule has 0 heterocycles. The first-order chi connectivity index (χ1) is 12.1. The van der Waals surface area contributed by atoms with Crippen LogP contribution in [0.3, 0.4) is 0 Å². The van der Waals surface area contributed by atoms with Crippen molar-refractivity contribution in [3.63, 3.8) is 0 Å². The standard InChI is InChI=1S/C19H19NO5/c1-2-24-16-10-8-14(9-11-16)17(21)13-25-18(22)12-20-19(23)15-6-4-3-5-7-15/h3-11H,2,12-13H2,1H3,(H,20,23). The minimum atomic E-state index is -0.677. The molecule has 0 bridgehead atoms. The van der Waals surface area contributed by atoms with Gasteiger partial charge in [0.15, 0.2) is 12.4 Å². The number of nitrogens with one attached hydrogen (secondary N) is 1. The molecular formula is C19H19NO5. The van der Waals surface area contributed by atoms with E-state index in [-0.39, 0.29) is 24.8 Å². The molecule has 0 unspecified atom stereocenters. The van der Waals surface area contributed by atoms with Gasteiger partial charge in [0.25, 0.3) is 5.91 Å². The zero-order valence-corrected chi connectivity index (χ0v) is 13.9. The van der Waals surface area contributed by atoms with Gasteiger partial charge in [-0.25, -0.2) is 0 Å². The lowest BCUT2D eigenvalue weighted by molar-refractivity contribution is -0.141. The van der Waals surface area contributed by atoms with E-state index < -0.39 is 5.97 Å². The van der Waals surface area contributed by atoms with Crippen LogP contribution in [0.2, 0.25) is 0 Å². The first-order valence-corrected chi connectivity index (χ1v) is 7.85. The van der Waals surface area contributed by atoms with Crippen LogP contribution in [0.15, 0.2) is 54.6 Å². The lowest BCUT2D eigenvalue weighted by Gasteiger charge is -2.07. The molecule has 2 aromatic carbocycles. The number of hydrogen-bond acceptors (Lipinski definition) is 5. The summed E-state index contributed by atoms with van der Waals surface area (Å²) in [6, 6.07) is 15.1. The van der Waals surface area contributed by atoms with Crippen molar-refractivity contribution in [3.8, 4) is 5.75 Å². The van der Waals surface area contributed by atoms with Gasteiger partial charge in [0.05, 0.1) is 6.61 Å². The minimum Gasteiger partial charge on any atom is -0.494 e. The molecular weight excluding hydrogens is 322 g/mol. The van der Waals surface area contributed by atoms with E-state index >= 15 is 0 Å². The number of rotatable bonds is 8. The van der Waals surface area contributed by atoms with E-state index in [9.17, 15) is 14.4 Å². The molecule has 130 valence electrons. The smallest absolute Gasteiger partial charge is 0.325 e. The van der Waals surface area contributed by atoms with E-state index in [4.69, 9.17) is 9.47 Å². The predicted octanol–water partition coefficient (Wildman–Crippen LogP) is 2.24. The molecule has 0 saturated heterocycles. The van der Waals surface area contributed by atoms with Crippen LogP contribution in [0.1, 0.15) is 27.6 Å². The zero-order chi connectivity index (χ0) is 18.1. The average molecular weight is 341 g/mol. The molecule has 0 aliphatic heterocycles. The third-order valence-electron chi connectivity index (χ3n) is 3.28. The topological polar surface area (TPSA) is 81.7 Å². The molecule has 0 radical (unpaired) electrons. The summed E-state index contributed by atoms with van der Waals surface area (Å²) < 4.78 is 10.2. The number of Topliss-reactive ketones (excluding diaryl/α,β-unsaturated/α-hetero) is 1.